The highest BCUT2D eigenvalue weighted by Crippen LogP contribution is 2.27. The molecule has 0 bridgehead atoms. The number of hydrogen-bond donors (Lipinski definition) is 1. The van der Waals surface area contributed by atoms with Crippen LogP contribution in [0, 0.1) is 0 Å². The summed E-state index contributed by atoms with van der Waals surface area (Å²) in [4.78, 5) is 15.5. The minimum Gasteiger partial charge on any atom is -0.489 e. The van der Waals surface area contributed by atoms with Crippen molar-refractivity contribution in [1.82, 2.24) is 4.57 Å². The number of benzene rings is 3. The fraction of sp³-hybridized carbons (Fsp3) is 0.120. The lowest BCUT2D eigenvalue weighted by Crippen LogP contribution is -2.03. The largest absolute Gasteiger partial charge is 0.489 e. The number of fused-ring (bicyclic) bond motifs is 1. The van der Waals surface area contributed by atoms with Gasteiger partial charge < -0.3 is 19.2 Å². The van der Waals surface area contributed by atoms with E-state index in [0.29, 0.717) is 13.2 Å². The van der Waals surface area contributed by atoms with Gasteiger partial charge in [-0.1, -0.05) is 63.6 Å². The molecule has 7 heteroatoms. The highest BCUT2D eigenvalue weighted by atomic mass is 79.9. The van der Waals surface area contributed by atoms with Gasteiger partial charge in [0, 0.05) is 33.7 Å². The number of carbonyl (C=O) groups is 1. The van der Waals surface area contributed by atoms with Crippen LogP contribution >= 0.6 is 15.9 Å². The van der Waals surface area contributed by atoms with Gasteiger partial charge in [0.25, 0.3) is 0 Å². The van der Waals surface area contributed by atoms with Gasteiger partial charge in [-0.05, 0) is 41.5 Å². The molecule has 0 unspecified atom stereocenters. The maximum Gasteiger partial charge on any atom is 0.344 e. The molecular weight excluding hydrogens is 472 g/mol. The highest BCUT2D eigenvalue weighted by Gasteiger charge is 2.10. The van der Waals surface area contributed by atoms with Gasteiger partial charge >= 0.3 is 5.97 Å². The van der Waals surface area contributed by atoms with Gasteiger partial charge in [0.2, 0.25) is 6.61 Å². The van der Waals surface area contributed by atoms with Crippen LogP contribution in [0.4, 0.5) is 0 Å². The van der Waals surface area contributed by atoms with Crippen LogP contribution in [0.15, 0.2) is 88.6 Å². The number of nitrogens with zero attached hydrogens (tertiary/aromatic N) is 2. The summed E-state index contributed by atoms with van der Waals surface area (Å²) in [5.41, 5.74) is 4.07. The molecule has 0 saturated heterocycles. The van der Waals surface area contributed by atoms with Crippen molar-refractivity contribution in [2.24, 2.45) is 5.16 Å². The van der Waals surface area contributed by atoms with Crippen molar-refractivity contribution in [3.63, 3.8) is 0 Å². The minimum atomic E-state index is -1.07. The number of carboxylic acid groups (broad SMARTS) is 1. The van der Waals surface area contributed by atoms with Crippen LogP contribution in [-0.4, -0.2) is 28.5 Å². The Bertz CT molecular complexity index is 1230. The second-order valence-electron chi connectivity index (χ2n) is 7.19. The molecule has 0 aliphatic heterocycles. The zero-order valence-corrected chi connectivity index (χ0v) is 18.7. The molecule has 0 aliphatic carbocycles. The second kappa shape index (κ2) is 10.2. The molecule has 0 atom stereocenters. The monoisotopic (exact) mass is 492 g/mol. The van der Waals surface area contributed by atoms with Crippen molar-refractivity contribution in [2.75, 3.05) is 6.61 Å². The lowest BCUT2D eigenvalue weighted by Gasteiger charge is -2.09. The van der Waals surface area contributed by atoms with E-state index in [9.17, 15) is 4.79 Å². The topological polar surface area (TPSA) is 73.0 Å². The number of rotatable bonds is 9. The summed E-state index contributed by atoms with van der Waals surface area (Å²) in [6, 6.07) is 24.1. The SMILES string of the molecule is O=C(O)CON=Cc1cn(Cc2ccccc2)c2ccc(OCc3ccc(Br)cc3)cc12. The number of ether oxygens (including phenoxy) is 1. The molecule has 0 aliphatic rings. The van der Waals surface area contributed by atoms with Crippen LogP contribution in [0.5, 0.6) is 5.75 Å². The lowest BCUT2D eigenvalue weighted by atomic mass is 10.2. The Kier molecular flexibility index (Phi) is 6.87. The van der Waals surface area contributed by atoms with Crippen LogP contribution < -0.4 is 4.74 Å². The van der Waals surface area contributed by atoms with Gasteiger partial charge in [-0.25, -0.2) is 4.79 Å². The van der Waals surface area contributed by atoms with Crippen LogP contribution in [-0.2, 0) is 22.8 Å². The Balaban J connectivity index is 1.61. The Morgan fingerprint density at radius 2 is 1.81 bits per heavy atom. The molecular formula is C25H21BrN2O4. The molecule has 32 heavy (non-hydrogen) atoms. The smallest absolute Gasteiger partial charge is 0.344 e. The van der Waals surface area contributed by atoms with Gasteiger partial charge in [0.15, 0.2) is 0 Å². The van der Waals surface area contributed by atoms with Crippen molar-refractivity contribution in [3.05, 3.63) is 100 Å². The quantitative estimate of drug-likeness (QED) is 0.248. The average molecular weight is 493 g/mol. The molecule has 0 amide bonds. The number of aromatic nitrogens is 1. The molecule has 0 spiro atoms. The van der Waals surface area contributed by atoms with Crippen LogP contribution in [0.25, 0.3) is 10.9 Å². The van der Waals surface area contributed by atoms with E-state index in [1.807, 2.05) is 66.9 Å². The summed E-state index contributed by atoms with van der Waals surface area (Å²) < 4.78 is 9.15. The maximum atomic E-state index is 10.7. The molecule has 4 aromatic rings. The Morgan fingerprint density at radius 3 is 2.56 bits per heavy atom. The predicted octanol–water partition coefficient (Wildman–Crippen LogP) is 5.47. The van der Waals surface area contributed by atoms with E-state index in [0.717, 1.165) is 32.3 Å². The molecule has 1 heterocycles. The molecule has 162 valence electrons. The summed E-state index contributed by atoms with van der Waals surface area (Å²) in [6.45, 7) is 0.662. The number of hydrogen-bond acceptors (Lipinski definition) is 4. The number of aliphatic carboxylic acids is 1. The van der Waals surface area contributed by atoms with Gasteiger partial charge in [-0.2, -0.15) is 0 Å². The van der Waals surface area contributed by atoms with E-state index in [2.05, 4.69) is 37.8 Å². The summed E-state index contributed by atoms with van der Waals surface area (Å²) in [6.07, 6.45) is 3.51. The Morgan fingerprint density at radius 1 is 1.03 bits per heavy atom. The standard InChI is InChI=1S/C25H21BrN2O4/c26-21-8-6-19(7-9-21)16-31-22-10-11-24-23(12-22)20(13-27-32-17-25(29)30)15-28(24)14-18-4-2-1-3-5-18/h1-13,15H,14,16-17H2,(H,29,30). The van der Waals surface area contributed by atoms with Crippen molar-refractivity contribution in [3.8, 4) is 5.75 Å². The van der Waals surface area contributed by atoms with E-state index >= 15 is 0 Å². The Labute approximate surface area is 193 Å². The fourth-order valence-electron chi connectivity index (χ4n) is 3.34. The summed E-state index contributed by atoms with van der Waals surface area (Å²) >= 11 is 3.44. The lowest BCUT2D eigenvalue weighted by molar-refractivity contribution is -0.142. The van der Waals surface area contributed by atoms with Crippen molar-refractivity contribution < 1.29 is 19.5 Å². The molecule has 0 fully saturated rings. The first kappa shape index (κ1) is 21.6. The number of halogens is 1. The maximum absolute atomic E-state index is 10.7. The van der Waals surface area contributed by atoms with Crippen molar-refractivity contribution in [1.29, 1.82) is 0 Å². The second-order valence-corrected chi connectivity index (χ2v) is 8.11. The third-order valence-corrected chi connectivity index (χ3v) is 5.38. The van der Waals surface area contributed by atoms with E-state index in [4.69, 9.17) is 14.7 Å². The first-order chi connectivity index (χ1) is 15.6. The molecule has 0 radical (unpaired) electrons. The predicted molar refractivity (Wildman–Crippen MR) is 127 cm³/mol. The van der Waals surface area contributed by atoms with E-state index in [-0.39, 0.29) is 0 Å². The zero-order valence-electron chi connectivity index (χ0n) is 17.1. The molecule has 3 aromatic carbocycles. The zero-order chi connectivity index (χ0) is 22.3. The first-order valence-corrected chi connectivity index (χ1v) is 10.8. The molecule has 1 aromatic heterocycles. The fourth-order valence-corrected chi connectivity index (χ4v) is 3.61. The van der Waals surface area contributed by atoms with Crippen LogP contribution in [0.1, 0.15) is 16.7 Å². The van der Waals surface area contributed by atoms with E-state index in [1.54, 1.807) is 0 Å². The first-order valence-electron chi connectivity index (χ1n) is 10.00. The summed E-state index contributed by atoms with van der Waals surface area (Å²) in [5.74, 6) is -0.337. The third kappa shape index (κ3) is 5.56. The van der Waals surface area contributed by atoms with Gasteiger partial charge in [-0.3, -0.25) is 0 Å². The minimum absolute atomic E-state index is 0.453. The van der Waals surface area contributed by atoms with E-state index < -0.39 is 12.6 Å². The normalized spacial score (nSPS) is 11.2. The average Bonchev–Trinajstić information content (AvgIpc) is 3.13. The number of oxime groups is 1. The Hall–Kier alpha value is -3.58. The summed E-state index contributed by atoms with van der Waals surface area (Å²) in [5, 5.41) is 13.5. The summed E-state index contributed by atoms with van der Waals surface area (Å²) in [7, 11) is 0. The molecule has 4 rings (SSSR count). The number of carboxylic acids is 1. The van der Waals surface area contributed by atoms with Crippen molar-refractivity contribution in [2.45, 2.75) is 13.2 Å². The van der Waals surface area contributed by atoms with Gasteiger partial charge in [0.05, 0.1) is 6.21 Å². The third-order valence-electron chi connectivity index (χ3n) is 4.85. The van der Waals surface area contributed by atoms with Gasteiger partial charge in [0.1, 0.15) is 12.4 Å². The molecule has 6 nitrogen and oxygen atoms in total. The van der Waals surface area contributed by atoms with Gasteiger partial charge in [-0.15, -0.1) is 0 Å². The van der Waals surface area contributed by atoms with E-state index in [1.165, 1.54) is 11.8 Å². The molecule has 0 saturated carbocycles. The van der Waals surface area contributed by atoms with Crippen LogP contribution in [0.2, 0.25) is 0 Å². The van der Waals surface area contributed by atoms with Crippen molar-refractivity contribution >= 4 is 39.0 Å². The highest BCUT2D eigenvalue weighted by molar-refractivity contribution is 9.10. The van der Waals surface area contributed by atoms with Crippen LogP contribution in [0.3, 0.4) is 0 Å². The molecule has 1 N–H and O–H groups in total.